The first-order valence-corrected chi connectivity index (χ1v) is 5.36. The molecule has 7 nitrogen and oxygen atoms in total. The van der Waals surface area contributed by atoms with Gasteiger partial charge in [0.2, 0.25) is 0 Å². The van der Waals surface area contributed by atoms with Crippen molar-refractivity contribution in [3.8, 4) is 0 Å². The lowest BCUT2D eigenvalue weighted by Crippen LogP contribution is -2.42. The predicted molar refractivity (Wildman–Crippen MR) is 62.8 cm³/mol. The van der Waals surface area contributed by atoms with Crippen molar-refractivity contribution in [1.29, 1.82) is 0 Å². The monoisotopic (exact) mass is 253 g/mol. The molecule has 1 unspecified atom stereocenters. The van der Waals surface area contributed by atoms with Crippen LogP contribution in [-0.4, -0.2) is 39.8 Å². The lowest BCUT2D eigenvalue weighted by molar-refractivity contribution is -0.146. The summed E-state index contributed by atoms with van der Waals surface area (Å²) < 4.78 is 0. The molecule has 0 fully saturated rings. The number of hydrogen-bond acceptors (Lipinski definition) is 4. The van der Waals surface area contributed by atoms with Crippen LogP contribution in [0.2, 0.25) is 0 Å². The van der Waals surface area contributed by atoms with E-state index in [0.717, 1.165) is 5.56 Å². The van der Waals surface area contributed by atoms with Crippen LogP contribution in [0, 0.1) is 0 Å². The molecule has 1 aromatic rings. The highest BCUT2D eigenvalue weighted by atomic mass is 16.4. The third-order valence-electron chi connectivity index (χ3n) is 2.27. The van der Waals surface area contributed by atoms with Crippen LogP contribution in [0.3, 0.4) is 0 Å². The van der Waals surface area contributed by atoms with Crippen molar-refractivity contribution < 1.29 is 19.8 Å². The highest BCUT2D eigenvalue weighted by Gasteiger charge is 2.15. The van der Waals surface area contributed by atoms with E-state index in [1.807, 2.05) is 6.07 Å². The number of amides is 2. The van der Waals surface area contributed by atoms with Crippen LogP contribution in [0.4, 0.5) is 4.79 Å². The topological polar surface area (TPSA) is 112 Å². The molecule has 2 amide bonds. The Labute approximate surface area is 104 Å². The van der Waals surface area contributed by atoms with Crippen molar-refractivity contribution in [2.75, 3.05) is 6.54 Å². The third-order valence-corrected chi connectivity index (χ3v) is 2.27. The van der Waals surface area contributed by atoms with E-state index in [0.29, 0.717) is 0 Å². The molecule has 1 aromatic heterocycles. The third kappa shape index (κ3) is 4.38. The van der Waals surface area contributed by atoms with Crippen LogP contribution in [-0.2, 0) is 4.79 Å². The van der Waals surface area contributed by atoms with E-state index in [2.05, 4.69) is 15.6 Å². The first-order chi connectivity index (χ1) is 8.50. The predicted octanol–water partition coefficient (Wildman–Crippen LogP) is -0.113. The molecule has 18 heavy (non-hydrogen) atoms. The summed E-state index contributed by atoms with van der Waals surface area (Å²) in [5.41, 5.74) is 0.825. The summed E-state index contributed by atoms with van der Waals surface area (Å²) in [7, 11) is 0. The molecule has 0 aliphatic heterocycles. The Morgan fingerprint density at radius 1 is 1.50 bits per heavy atom. The van der Waals surface area contributed by atoms with E-state index in [1.165, 1.54) is 0 Å². The molecule has 0 radical (unpaired) electrons. The summed E-state index contributed by atoms with van der Waals surface area (Å²) in [4.78, 5) is 25.7. The number of aliphatic hydroxyl groups is 1. The number of carboxylic acids is 1. The minimum absolute atomic E-state index is 0.263. The number of aromatic nitrogens is 1. The van der Waals surface area contributed by atoms with Crippen molar-refractivity contribution in [2.45, 2.75) is 19.1 Å². The number of rotatable bonds is 5. The van der Waals surface area contributed by atoms with Gasteiger partial charge in [0, 0.05) is 12.4 Å². The molecule has 7 heteroatoms. The van der Waals surface area contributed by atoms with E-state index in [1.54, 1.807) is 25.4 Å². The number of carbonyl (C=O) groups excluding carboxylic acids is 1. The van der Waals surface area contributed by atoms with Crippen LogP contribution in [0.5, 0.6) is 0 Å². The van der Waals surface area contributed by atoms with Crippen molar-refractivity contribution in [1.82, 2.24) is 15.6 Å². The molecule has 1 heterocycles. The van der Waals surface area contributed by atoms with E-state index in [-0.39, 0.29) is 12.6 Å². The zero-order chi connectivity index (χ0) is 13.5. The first-order valence-electron chi connectivity index (χ1n) is 5.36. The smallest absolute Gasteiger partial charge is 0.334 e. The van der Waals surface area contributed by atoms with E-state index in [4.69, 9.17) is 10.2 Å². The minimum atomic E-state index is -1.61. The van der Waals surface area contributed by atoms with E-state index < -0.39 is 18.1 Å². The van der Waals surface area contributed by atoms with Gasteiger partial charge < -0.3 is 20.8 Å². The second-order valence-corrected chi connectivity index (χ2v) is 3.72. The molecule has 2 atom stereocenters. The number of aliphatic hydroxyl groups excluding tert-OH is 1. The number of carboxylic acid groups (broad SMARTS) is 1. The Morgan fingerprint density at radius 2 is 2.22 bits per heavy atom. The normalized spacial score (nSPS) is 13.4. The van der Waals surface area contributed by atoms with E-state index >= 15 is 0 Å². The standard InChI is InChI=1S/C11H15N3O4/c1-7(8-3-2-4-12-5-8)14-11(18)13-6-9(15)10(16)17/h2-5,7,9,15H,6H2,1H3,(H,16,17)(H2,13,14,18)/t7?,9-/m0/s1. The number of urea groups is 1. The Balaban J connectivity index is 2.39. The summed E-state index contributed by atoms with van der Waals surface area (Å²) >= 11 is 0. The maximum Gasteiger partial charge on any atom is 0.334 e. The summed E-state index contributed by atoms with van der Waals surface area (Å²) in [6.07, 6.45) is 1.64. The Kier molecular flexibility index (Phi) is 5.06. The Morgan fingerprint density at radius 3 is 2.78 bits per heavy atom. The molecule has 0 saturated carbocycles. The summed E-state index contributed by atoms with van der Waals surface area (Å²) in [6, 6.07) is 2.75. The lowest BCUT2D eigenvalue weighted by atomic mass is 10.1. The zero-order valence-corrected chi connectivity index (χ0v) is 9.83. The summed E-state index contributed by atoms with van der Waals surface area (Å²) in [5, 5.41) is 22.3. The van der Waals surface area contributed by atoms with Crippen LogP contribution >= 0.6 is 0 Å². The van der Waals surface area contributed by atoms with Crippen molar-refractivity contribution in [2.24, 2.45) is 0 Å². The number of pyridine rings is 1. The van der Waals surface area contributed by atoms with Gasteiger partial charge in [-0.15, -0.1) is 0 Å². The van der Waals surface area contributed by atoms with Gasteiger partial charge in [0.25, 0.3) is 0 Å². The minimum Gasteiger partial charge on any atom is -0.479 e. The molecule has 98 valence electrons. The molecule has 0 bridgehead atoms. The second-order valence-electron chi connectivity index (χ2n) is 3.72. The van der Waals surface area contributed by atoms with Gasteiger partial charge in [-0.1, -0.05) is 6.07 Å². The molecule has 4 N–H and O–H groups in total. The zero-order valence-electron chi connectivity index (χ0n) is 9.83. The van der Waals surface area contributed by atoms with Gasteiger partial charge in [0.05, 0.1) is 12.6 Å². The molecule has 0 aliphatic rings. The fourth-order valence-electron chi connectivity index (χ4n) is 1.24. The first kappa shape index (κ1) is 13.9. The number of nitrogens with one attached hydrogen (secondary N) is 2. The average molecular weight is 253 g/mol. The molecule has 0 aliphatic carbocycles. The quantitative estimate of drug-likeness (QED) is 0.585. The molecule has 0 aromatic carbocycles. The summed E-state index contributed by atoms with van der Waals surface area (Å²) in [5.74, 6) is -1.38. The summed E-state index contributed by atoms with van der Waals surface area (Å²) in [6.45, 7) is 1.42. The fourth-order valence-corrected chi connectivity index (χ4v) is 1.24. The van der Waals surface area contributed by atoms with E-state index in [9.17, 15) is 9.59 Å². The number of carbonyl (C=O) groups is 2. The number of aliphatic carboxylic acids is 1. The van der Waals surface area contributed by atoms with Gasteiger partial charge in [0.15, 0.2) is 6.10 Å². The second kappa shape index (κ2) is 6.55. The maximum absolute atomic E-state index is 11.4. The van der Waals surface area contributed by atoms with Crippen molar-refractivity contribution in [3.05, 3.63) is 30.1 Å². The van der Waals surface area contributed by atoms with Crippen LogP contribution < -0.4 is 10.6 Å². The molecular formula is C11H15N3O4. The average Bonchev–Trinajstić information content (AvgIpc) is 2.36. The number of hydrogen-bond donors (Lipinski definition) is 4. The molecule has 1 rings (SSSR count). The van der Waals surface area contributed by atoms with Gasteiger partial charge in [-0.05, 0) is 18.6 Å². The molecular weight excluding hydrogens is 238 g/mol. The van der Waals surface area contributed by atoms with Gasteiger partial charge in [-0.3, -0.25) is 4.98 Å². The highest BCUT2D eigenvalue weighted by Crippen LogP contribution is 2.08. The van der Waals surface area contributed by atoms with Crippen LogP contribution in [0.1, 0.15) is 18.5 Å². The largest absolute Gasteiger partial charge is 0.479 e. The van der Waals surface area contributed by atoms with Crippen molar-refractivity contribution in [3.63, 3.8) is 0 Å². The number of nitrogens with zero attached hydrogens (tertiary/aromatic N) is 1. The van der Waals surface area contributed by atoms with Gasteiger partial charge in [-0.2, -0.15) is 0 Å². The van der Waals surface area contributed by atoms with Gasteiger partial charge in [-0.25, -0.2) is 9.59 Å². The molecule has 0 spiro atoms. The Bertz CT molecular complexity index is 410. The van der Waals surface area contributed by atoms with Crippen LogP contribution in [0.25, 0.3) is 0 Å². The maximum atomic E-state index is 11.4. The molecule has 0 saturated heterocycles. The van der Waals surface area contributed by atoms with Crippen LogP contribution in [0.15, 0.2) is 24.5 Å². The van der Waals surface area contributed by atoms with Gasteiger partial charge >= 0.3 is 12.0 Å². The highest BCUT2D eigenvalue weighted by molar-refractivity contribution is 5.76. The van der Waals surface area contributed by atoms with Gasteiger partial charge in [0.1, 0.15) is 0 Å². The fraction of sp³-hybridized carbons (Fsp3) is 0.364. The Hall–Kier alpha value is -2.15. The lowest BCUT2D eigenvalue weighted by Gasteiger charge is -2.15. The van der Waals surface area contributed by atoms with Crippen molar-refractivity contribution >= 4 is 12.0 Å². The SMILES string of the molecule is CC(NC(=O)NC[C@H](O)C(=O)O)c1cccnc1.